The Morgan fingerprint density at radius 2 is 2.12 bits per heavy atom. The lowest BCUT2D eigenvalue weighted by molar-refractivity contribution is 0.0953. The zero-order valence-electron chi connectivity index (χ0n) is 13.5. The highest BCUT2D eigenvalue weighted by Gasteiger charge is 2.13. The maximum atomic E-state index is 11.9. The number of ether oxygens (including phenoxy) is 1. The zero-order chi connectivity index (χ0) is 16.8. The number of morpholine rings is 1. The molecule has 2 N–H and O–H groups in total. The smallest absolute Gasteiger partial charge is 0.256 e. The van der Waals surface area contributed by atoms with E-state index < -0.39 is 0 Å². The summed E-state index contributed by atoms with van der Waals surface area (Å²) >= 11 is 0. The fourth-order valence-corrected chi connectivity index (χ4v) is 2.39. The number of nitrogens with zero attached hydrogens (tertiary/aromatic N) is 4. The van der Waals surface area contributed by atoms with Gasteiger partial charge in [-0.05, 0) is 6.92 Å². The van der Waals surface area contributed by atoms with Gasteiger partial charge >= 0.3 is 0 Å². The van der Waals surface area contributed by atoms with Gasteiger partial charge in [0.25, 0.3) is 5.91 Å². The van der Waals surface area contributed by atoms with Crippen LogP contribution in [-0.2, 0) is 4.74 Å². The first-order valence-electron chi connectivity index (χ1n) is 7.82. The van der Waals surface area contributed by atoms with Crippen LogP contribution >= 0.6 is 0 Å². The first-order chi connectivity index (χ1) is 11.7. The molecular formula is C15H20N6O3. The van der Waals surface area contributed by atoms with Crippen LogP contribution in [0, 0.1) is 6.92 Å². The Bertz CT molecular complexity index is 683. The Kier molecular flexibility index (Phi) is 5.22. The second kappa shape index (κ2) is 7.73. The van der Waals surface area contributed by atoms with Gasteiger partial charge in [0.15, 0.2) is 0 Å². The number of rotatable bonds is 6. The second-order valence-electron chi connectivity index (χ2n) is 5.34. The topological polar surface area (TPSA) is 105 Å². The molecular weight excluding hydrogens is 312 g/mol. The number of hydrogen-bond donors (Lipinski definition) is 2. The second-order valence-corrected chi connectivity index (χ2v) is 5.34. The summed E-state index contributed by atoms with van der Waals surface area (Å²) in [6.07, 6.45) is 2.95. The van der Waals surface area contributed by atoms with E-state index in [-0.39, 0.29) is 5.91 Å². The number of aromatic nitrogens is 3. The number of carbonyl (C=O) groups excluding carboxylic acids is 1. The van der Waals surface area contributed by atoms with Crippen molar-refractivity contribution in [3.63, 3.8) is 0 Å². The molecule has 2 aromatic heterocycles. The van der Waals surface area contributed by atoms with Crippen LogP contribution in [0.1, 0.15) is 16.1 Å². The van der Waals surface area contributed by atoms with Gasteiger partial charge < -0.3 is 24.8 Å². The number of amides is 1. The number of anilines is 2. The molecule has 2 aromatic rings. The molecule has 1 aliphatic heterocycles. The van der Waals surface area contributed by atoms with E-state index >= 15 is 0 Å². The van der Waals surface area contributed by atoms with Crippen molar-refractivity contribution in [1.29, 1.82) is 0 Å². The van der Waals surface area contributed by atoms with E-state index in [1.165, 1.54) is 12.5 Å². The maximum absolute atomic E-state index is 11.9. The largest absolute Gasteiger partial charge is 0.378 e. The third-order valence-electron chi connectivity index (χ3n) is 3.70. The minimum atomic E-state index is -0.202. The molecule has 3 heterocycles. The third kappa shape index (κ3) is 3.99. The van der Waals surface area contributed by atoms with E-state index in [1.54, 1.807) is 6.92 Å². The van der Waals surface area contributed by atoms with Gasteiger partial charge in [-0.15, -0.1) is 0 Å². The minimum Gasteiger partial charge on any atom is -0.378 e. The zero-order valence-corrected chi connectivity index (χ0v) is 13.5. The molecule has 0 saturated carbocycles. The first kappa shape index (κ1) is 16.2. The molecule has 0 bridgehead atoms. The highest BCUT2D eigenvalue weighted by Crippen LogP contribution is 2.15. The maximum Gasteiger partial charge on any atom is 0.256 e. The van der Waals surface area contributed by atoms with E-state index in [0.717, 1.165) is 24.7 Å². The molecule has 1 aliphatic rings. The van der Waals surface area contributed by atoms with E-state index in [0.29, 0.717) is 37.6 Å². The standard InChI is InChI=1S/C15H20N6O3/c1-11-12(9-20-24-11)15(22)17-3-2-16-13-8-14(19-10-18-13)21-4-6-23-7-5-21/h8-10H,2-7H2,1H3,(H,17,22)(H,16,18,19). The van der Waals surface area contributed by atoms with Crippen LogP contribution in [0.4, 0.5) is 11.6 Å². The van der Waals surface area contributed by atoms with Gasteiger partial charge in [0, 0.05) is 32.2 Å². The Hall–Kier alpha value is -2.68. The van der Waals surface area contributed by atoms with Crippen LogP contribution in [0.3, 0.4) is 0 Å². The van der Waals surface area contributed by atoms with Gasteiger partial charge in [-0.1, -0.05) is 5.16 Å². The Balaban J connectivity index is 1.46. The molecule has 3 rings (SSSR count). The first-order valence-corrected chi connectivity index (χ1v) is 7.82. The lowest BCUT2D eigenvalue weighted by Crippen LogP contribution is -2.36. The summed E-state index contributed by atoms with van der Waals surface area (Å²) in [5.41, 5.74) is 0.451. The van der Waals surface area contributed by atoms with Crippen molar-refractivity contribution in [3.05, 3.63) is 29.9 Å². The van der Waals surface area contributed by atoms with Crippen molar-refractivity contribution in [3.8, 4) is 0 Å². The summed E-state index contributed by atoms with van der Waals surface area (Å²) in [6.45, 7) is 5.78. The molecule has 24 heavy (non-hydrogen) atoms. The van der Waals surface area contributed by atoms with E-state index in [2.05, 4.69) is 30.7 Å². The molecule has 0 aromatic carbocycles. The van der Waals surface area contributed by atoms with Gasteiger partial charge in [0.05, 0.1) is 19.4 Å². The number of carbonyl (C=O) groups is 1. The van der Waals surface area contributed by atoms with Crippen molar-refractivity contribution in [2.75, 3.05) is 49.6 Å². The summed E-state index contributed by atoms with van der Waals surface area (Å²) in [5.74, 6) is 1.90. The Morgan fingerprint density at radius 1 is 1.29 bits per heavy atom. The summed E-state index contributed by atoms with van der Waals surface area (Å²) in [6, 6.07) is 1.90. The monoisotopic (exact) mass is 332 g/mol. The van der Waals surface area contributed by atoms with Gasteiger partial charge in [-0.3, -0.25) is 4.79 Å². The van der Waals surface area contributed by atoms with Crippen molar-refractivity contribution in [1.82, 2.24) is 20.4 Å². The summed E-state index contributed by atoms with van der Waals surface area (Å²) in [7, 11) is 0. The summed E-state index contributed by atoms with van der Waals surface area (Å²) < 4.78 is 10.2. The van der Waals surface area contributed by atoms with Crippen LogP contribution in [0.15, 0.2) is 23.1 Å². The fraction of sp³-hybridized carbons (Fsp3) is 0.467. The van der Waals surface area contributed by atoms with E-state index in [9.17, 15) is 4.79 Å². The van der Waals surface area contributed by atoms with Crippen molar-refractivity contribution in [2.24, 2.45) is 0 Å². The average molecular weight is 332 g/mol. The van der Waals surface area contributed by atoms with Crippen LogP contribution in [0.25, 0.3) is 0 Å². The molecule has 0 aliphatic carbocycles. The van der Waals surface area contributed by atoms with Crippen LogP contribution in [0.5, 0.6) is 0 Å². The van der Waals surface area contributed by atoms with Crippen molar-refractivity contribution in [2.45, 2.75) is 6.92 Å². The highest BCUT2D eigenvalue weighted by molar-refractivity contribution is 5.94. The van der Waals surface area contributed by atoms with Crippen LogP contribution in [0.2, 0.25) is 0 Å². The Labute approximate surface area is 139 Å². The lowest BCUT2D eigenvalue weighted by Gasteiger charge is -2.27. The number of nitrogens with one attached hydrogen (secondary N) is 2. The van der Waals surface area contributed by atoms with Gasteiger partial charge in [-0.25, -0.2) is 9.97 Å². The average Bonchev–Trinajstić information content (AvgIpc) is 3.06. The number of hydrogen-bond acceptors (Lipinski definition) is 8. The van der Waals surface area contributed by atoms with Crippen LogP contribution in [-0.4, -0.2) is 60.4 Å². The van der Waals surface area contributed by atoms with E-state index in [4.69, 9.17) is 9.26 Å². The Morgan fingerprint density at radius 3 is 2.88 bits per heavy atom. The van der Waals surface area contributed by atoms with Crippen molar-refractivity contribution < 1.29 is 14.1 Å². The predicted molar refractivity (Wildman–Crippen MR) is 87.1 cm³/mol. The molecule has 128 valence electrons. The third-order valence-corrected chi connectivity index (χ3v) is 3.70. The minimum absolute atomic E-state index is 0.202. The van der Waals surface area contributed by atoms with E-state index in [1.807, 2.05) is 6.07 Å². The van der Waals surface area contributed by atoms with Gasteiger partial charge in [0.2, 0.25) is 0 Å². The molecule has 1 saturated heterocycles. The SMILES string of the molecule is Cc1oncc1C(=O)NCCNc1cc(N2CCOCC2)ncn1. The number of aryl methyl sites for hydroxylation is 1. The normalized spacial score (nSPS) is 14.5. The summed E-state index contributed by atoms with van der Waals surface area (Å²) in [5, 5.41) is 9.57. The van der Waals surface area contributed by atoms with Crippen LogP contribution < -0.4 is 15.5 Å². The molecule has 0 radical (unpaired) electrons. The molecule has 1 fully saturated rings. The quantitative estimate of drug-likeness (QED) is 0.735. The molecule has 0 atom stereocenters. The molecule has 0 unspecified atom stereocenters. The van der Waals surface area contributed by atoms with Crippen molar-refractivity contribution >= 4 is 17.5 Å². The van der Waals surface area contributed by atoms with Gasteiger partial charge in [0.1, 0.15) is 29.3 Å². The van der Waals surface area contributed by atoms with Gasteiger partial charge in [-0.2, -0.15) is 0 Å². The molecule has 0 spiro atoms. The molecule has 9 heteroatoms. The molecule has 9 nitrogen and oxygen atoms in total. The lowest BCUT2D eigenvalue weighted by atomic mass is 10.2. The fourth-order valence-electron chi connectivity index (χ4n) is 2.39. The summed E-state index contributed by atoms with van der Waals surface area (Å²) in [4.78, 5) is 22.6. The highest BCUT2D eigenvalue weighted by atomic mass is 16.5. The molecule has 1 amide bonds. The predicted octanol–water partition coefficient (Wildman–Crippen LogP) is 0.452.